The zero-order chi connectivity index (χ0) is 16.7. The van der Waals surface area contributed by atoms with Crippen molar-refractivity contribution in [3.8, 4) is 0 Å². The van der Waals surface area contributed by atoms with E-state index in [1.807, 2.05) is 31.2 Å². The maximum atomic E-state index is 12.6. The summed E-state index contributed by atoms with van der Waals surface area (Å²) in [5, 5.41) is 5.74. The molecule has 0 radical (unpaired) electrons. The van der Waals surface area contributed by atoms with Gasteiger partial charge >= 0.3 is 0 Å². The average Bonchev–Trinajstić information content (AvgIpc) is 2.94. The molecule has 7 heteroatoms. The van der Waals surface area contributed by atoms with Crippen LogP contribution >= 0.6 is 23.4 Å². The van der Waals surface area contributed by atoms with Gasteiger partial charge in [0, 0.05) is 17.6 Å². The van der Waals surface area contributed by atoms with E-state index in [9.17, 15) is 4.79 Å². The van der Waals surface area contributed by atoms with Crippen molar-refractivity contribution in [1.82, 2.24) is 19.6 Å². The van der Waals surface area contributed by atoms with Crippen LogP contribution in [-0.4, -0.2) is 31.1 Å². The van der Waals surface area contributed by atoms with Gasteiger partial charge in [-0.15, -0.1) is 5.10 Å². The summed E-state index contributed by atoms with van der Waals surface area (Å²) in [6.45, 7) is 2.05. The van der Waals surface area contributed by atoms with E-state index in [4.69, 9.17) is 11.6 Å². The van der Waals surface area contributed by atoms with Gasteiger partial charge in [0.15, 0.2) is 5.78 Å². The number of halogens is 1. The lowest BCUT2D eigenvalue weighted by atomic mass is 9.82. The molecule has 0 aliphatic heterocycles. The summed E-state index contributed by atoms with van der Waals surface area (Å²) in [5.41, 5.74) is 2.52. The first kappa shape index (κ1) is 15.6. The summed E-state index contributed by atoms with van der Waals surface area (Å²) in [5.74, 6) is 1.64. The van der Waals surface area contributed by atoms with Crippen molar-refractivity contribution >= 4 is 34.9 Å². The third-order valence-electron chi connectivity index (χ3n) is 4.16. The number of aromatic nitrogens is 4. The normalized spacial score (nSPS) is 17.2. The number of carbonyl (C=O) groups is 1. The van der Waals surface area contributed by atoms with E-state index in [1.165, 1.54) is 0 Å². The molecule has 2 heterocycles. The molecule has 5 nitrogen and oxygen atoms in total. The topological polar surface area (TPSA) is 60.1 Å². The number of rotatable bonds is 3. The number of hydrogen-bond donors (Lipinski definition) is 0. The van der Waals surface area contributed by atoms with Crippen LogP contribution in [0.15, 0.2) is 35.6 Å². The molecule has 1 aliphatic rings. The predicted octanol–water partition coefficient (Wildman–Crippen LogP) is 3.80. The van der Waals surface area contributed by atoms with Crippen LogP contribution in [0.25, 0.3) is 5.78 Å². The Morgan fingerprint density at radius 1 is 1.33 bits per heavy atom. The molecule has 1 atom stereocenters. The molecule has 2 aromatic heterocycles. The minimum Gasteiger partial charge on any atom is -0.294 e. The van der Waals surface area contributed by atoms with Crippen molar-refractivity contribution < 1.29 is 4.79 Å². The first-order valence-corrected chi connectivity index (χ1v) is 9.18. The summed E-state index contributed by atoms with van der Waals surface area (Å²) in [4.78, 5) is 21.6. The molecule has 0 amide bonds. The van der Waals surface area contributed by atoms with Crippen molar-refractivity contribution in [3.05, 3.63) is 52.3 Å². The number of thioether (sulfide) groups is 1. The van der Waals surface area contributed by atoms with E-state index in [0.717, 1.165) is 17.0 Å². The van der Waals surface area contributed by atoms with Gasteiger partial charge < -0.3 is 0 Å². The van der Waals surface area contributed by atoms with Crippen LogP contribution < -0.4 is 0 Å². The Morgan fingerprint density at radius 3 is 3.00 bits per heavy atom. The molecule has 0 N–H and O–H groups in total. The fraction of sp³-hybridized carbons (Fsp3) is 0.294. The largest absolute Gasteiger partial charge is 0.294 e. The molecule has 0 fully saturated rings. The molecule has 0 bridgehead atoms. The van der Waals surface area contributed by atoms with Gasteiger partial charge in [0.05, 0.1) is 11.3 Å². The maximum absolute atomic E-state index is 12.6. The summed E-state index contributed by atoms with van der Waals surface area (Å²) in [6.07, 6.45) is 2.94. The number of ketones is 1. The van der Waals surface area contributed by atoms with E-state index in [2.05, 4.69) is 15.1 Å². The highest BCUT2D eigenvalue weighted by atomic mass is 35.5. The molecular weight excluding hydrogens is 344 g/mol. The van der Waals surface area contributed by atoms with Crippen LogP contribution in [0.2, 0.25) is 5.02 Å². The second-order valence-electron chi connectivity index (χ2n) is 5.76. The van der Waals surface area contributed by atoms with Crippen molar-refractivity contribution in [2.45, 2.75) is 30.8 Å². The van der Waals surface area contributed by atoms with Gasteiger partial charge in [-0.3, -0.25) is 4.79 Å². The Morgan fingerprint density at radius 2 is 2.21 bits per heavy atom. The first-order chi connectivity index (χ1) is 11.6. The molecular formula is C17H15ClN4OS. The number of Topliss-reactive ketones (excluding diaryl/α,β-unsaturated/α-hetero) is 1. The molecule has 3 aromatic rings. The van der Waals surface area contributed by atoms with Gasteiger partial charge in [0.2, 0.25) is 5.16 Å². The number of carbonyl (C=O) groups excluding carboxylic acids is 1. The number of hydrogen-bond acceptors (Lipinski definition) is 5. The first-order valence-electron chi connectivity index (χ1n) is 7.82. The second kappa shape index (κ2) is 6.18. The second-order valence-corrected chi connectivity index (χ2v) is 7.42. The molecule has 0 saturated heterocycles. The van der Waals surface area contributed by atoms with E-state index in [-0.39, 0.29) is 11.7 Å². The lowest BCUT2D eigenvalue weighted by molar-refractivity contribution is 0.0962. The highest BCUT2D eigenvalue weighted by Crippen LogP contribution is 2.33. The summed E-state index contributed by atoms with van der Waals surface area (Å²) in [7, 11) is 0. The third-order valence-corrected chi connectivity index (χ3v) is 5.11. The quantitative estimate of drug-likeness (QED) is 0.666. The minimum absolute atomic E-state index is 0.0934. The van der Waals surface area contributed by atoms with Gasteiger partial charge in [0.25, 0.3) is 5.78 Å². The molecule has 1 unspecified atom stereocenters. The molecule has 122 valence electrons. The maximum Gasteiger partial charge on any atom is 0.253 e. The highest BCUT2D eigenvalue weighted by Gasteiger charge is 2.28. The van der Waals surface area contributed by atoms with E-state index < -0.39 is 0 Å². The van der Waals surface area contributed by atoms with Crippen molar-refractivity contribution in [2.24, 2.45) is 0 Å². The van der Waals surface area contributed by atoms with Crippen LogP contribution in [0.4, 0.5) is 0 Å². The molecule has 0 saturated carbocycles. The lowest BCUT2D eigenvalue weighted by Gasteiger charge is -2.23. The number of benzene rings is 1. The molecule has 1 aromatic carbocycles. The van der Waals surface area contributed by atoms with Gasteiger partial charge in [-0.05, 0) is 35.8 Å². The van der Waals surface area contributed by atoms with Gasteiger partial charge in [0.1, 0.15) is 0 Å². The fourth-order valence-electron chi connectivity index (χ4n) is 3.05. The summed E-state index contributed by atoms with van der Waals surface area (Å²) >= 11 is 7.65. The van der Waals surface area contributed by atoms with E-state index >= 15 is 0 Å². The third kappa shape index (κ3) is 2.80. The van der Waals surface area contributed by atoms with Crippen LogP contribution in [0.3, 0.4) is 0 Å². The summed E-state index contributed by atoms with van der Waals surface area (Å²) < 4.78 is 1.61. The molecule has 1 aliphatic carbocycles. The van der Waals surface area contributed by atoms with Crippen molar-refractivity contribution in [1.29, 1.82) is 0 Å². The zero-order valence-electron chi connectivity index (χ0n) is 13.1. The lowest BCUT2D eigenvalue weighted by Crippen LogP contribution is -2.21. The molecule has 0 spiro atoms. The van der Waals surface area contributed by atoms with Gasteiger partial charge in [-0.25, -0.2) is 9.50 Å². The Bertz CT molecular complexity index is 939. The zero-order valence-corrected chi connectivity index (χ0v) is 14.6. The molecule has 4 rings (SSSR count). The predicted molar refractivity (Wildman–Crippen MR) is 94.0 cm³/mol. The SMILES string of the molecule is CCSc1nc2nc3c(cn2n1)C(=O)CC(c1cccc(Cl)c1)C3. The van der Waals surface area contributed by atoms with Crippen LogP contribution in [0.1, 0.15) is 40.9 Å². The summed E-state index contributed by atoms with van der Waals surface area (Å²) in [6, 6.07) is 7.70. The van der Waals surface area contributed by atoms with E-state index in [1.54, 1.807) is 22.5 Å². The highest BCUT2D eigenvalue weighted by molar-refractivity contribution is 7.99. The van der Waals surface area contributed by atoms with Crippen molar-refractivity contribution in [3.63, 3.8) is 0 Å². The smallest absolute Gasteiger partial charge is 0.253 e. The number of nitrogens with zero attached hydrogens (tertiary/aromatic N) is 4. The van der Waals surface area contributed by atoms with Crippen LogP contribution in [-0.2, 0) is 6.42 Å². The van der Waals surface area contributed by atoms with Gasteiger partial charge in [-0.1, -0.05) is 42.4 Å². The molecule has 24 heavy (non-hydrogen) atoms. The fourth-order valence-corrected chi connectivity index (χ4v) is 3.80. The Labute approximate surface area is 148 Å². The Balaban J connectivity index is 1.73. The van der Waals surface area contributed by atoms with Crippen LogP contribution in [0, 0.1) is 0 Å². The Kier molecular flexibility index (Phi) is 4.02. The Hall–Kier alpha value is -1.92. The monoisotopic (exact) mass is 358 g/mol. The van der Waals surface area contributed by atoms with Gasteiger partial charge in [-0.2, -0.15) is 4.98 Å². The number of fused-ring (bicyclic) bond motifs is 2. The van der Waals surface area contributed by atoms with Crippen LogP contribution in [0.5, 0.6) is 0 Å². The van der Waals surface area contributed by atoms with Crippen molar-refractivity contribution in [2.75, 3.05) is 5.75 Å². The average molecular weight is 359 g/mol. The standard InChI is InChI=1S/C17H15ClN4OS/c1-2-24-17-20-16-19-14-7-11(10-4-3-5-12(18)6-10)8-15(23)13(14)9-22(16)21-17/h3-6,9,11H,2,7-8H2,1H3. The minimum atomic E-state index is 0.0934. The van der Waals surface area contributed by atoms with E-state index in [0.29, 0.717) is 34.4 Å².